The number of anilines is 6. The summed E-state index contributed by atoms with van der Waals surface area (Å²) in [5, 5.41) is 0. The normalized spacial score (nSPS) is 16.5. The molecule has 8 aromatic rings. The van der Waals surface area contributed by atoms with Crippen LogP contribution in [-0.4, -0.2) is 0 Å². The molecule has 1 heterocycles. The minimum Gasteiger partial charge on any atom is -0.310 e. The van der Waals surface area contributed by atoms with Gasteiger partial charge in [-0.25, -0.2) is 0 Å². The molecule has 1 spiro atoms. The van der Waals surface area contributed by atoms with Gasteiger partial charge < -0.3 is 9.80 Å². The molecule has 0 radical (unpaired) electrons. The number of hydrogen-bond acceptors (Lipinski definition) is 2. The number of fused-ring (bicyclic) bond motifs is 10. The van der Waals surface area contributed by atoms with Gasteiger partial charge in [0.25, 0.3) is 0 Å². The zero-order chi connectivity index (χ0) is 44.2. The Kier molecular flexibility index (Phi) is 8.89. The van der Waals surface area contributed by atoms with E-state index in [1.165, 1.54) is 138 Å². The molecule has 65 heavy (non-hydrogen) atoms. The third-order valence-electron chi connectivity index (χ3n) is 15.8. The van der Waals surface area contributed by atoms with Gasteiger partial charge in [-0.1, -0.05) is 174 Å². The number of nitrogens with zero attached hydrogens (tertiary/aromatic N) is 2. The number of para-hydroxylation sites is 4. The fourth-order valence-corrected chi connectivity index (χ4v) is 12.4. The molecular weight excluding hydrogens is 785 g/mol. The predicted octanol–water partition coefficient (Wildman–Crippen LogP) is 17.2. The van der Waals surface area contributed by atoms with Gasteiger partial charge in [-0.3, -0.25) is 0 Å². The highest BCUT2D eigenvalue weighted by Crippen LogP contribution is 2.59. The molecule has 1 fully saturated rings. The lowest BCUT2D eigenvalue weighted by Gasteiger charge is -2.42. The van der Waals surface area contributed by atoms with Gasteiger partial charge in [0.1, 0.15) is 0 Å². The summed E-state index contributed by atoms with van der Waals surface area (Å²) in [7, 11) is 0. The van der Waals surface area contributed by atoms with E-state index in [-0.39, 0.29) is 16.2 Å². The van der Waals surface area contributed by atoms with Crippen LogP contribution in [0.2, 0.25) is 0 Å². The summed E-state index contributed by atoms with van der Waals surface area (Å²) in [5.41, 5.74) is 26.3. The molecule has 1 aliphatic heterocycles. The van der Waals surface area contributed by atoms with Crippen molar-refractivity contribution < 1.29 is 0 Å². The molecule has 0 N–H and O–H groups in total. The van der Waals surface area contributed by atoms with Crippen molar-refractivity contribution in [2.24, 2.45) is 0 Å². The maximum Gasteiger partial charge on any atom is 0.0502 e. The highest BCUT2D eigenvalue weighted by Gasteiger charge is 2.46. The lowest BCUT2D eigenvalue weighted by atomic mass is 9.73. The molecular formula is C63H56N2. The average molecular weight is 841 g/mol. The monoisotopic (exact) mass is 840 g/mol. The Hall–Kier alpha value is -6.90. The minimum atomic E-state index is -0.157. The quantitative estimate of drug-likeness (QED) is 0.154. The molecule has 0 atom stereocenters. The Morgan fingerprint density at radius 3 is 1.46 bits per heavy atom. The highest BCUT2D eigenvalue weighted by molar-refractivity contribution is 5.91. The Morgan fingerprint density at radius 2 is 0.877 bits per heavy atom. The first-order valence-electron chi connectivity index (χ1n) is 23.7. The molecule has 2 nitrogen and oxygen atoms in total. The molecule has 0 aromatic heterocycles. The maximum absolute atomic E-state index is 2.55. The van der Waals surface area contributed by atoms with E-state index in [1.807, 2.05) is 0 Å². The van der Waals surface area contributed by atoms with E-state index < -0.39 is 0 Å². The van der Waals surface area contributed by atoms with Crippen LogP contribution >= 0.6 is 0 Å². The highest BCUT2D eigenvalue weighted by atomic mass is 15.2. The van der Waals surface area contributed by atoms with Crippen molar-refractivity contribution in [1.82, 2.24) is 0 Å². The zero-order valence-electron chi connectivity index (χ0n) is 38.5. The van der Waals surface area contributed by atoms with Crippen LogP contribution in [0.1, 0.15) is 109 Å². The van der Waals surface area contributed by atoms with E-state index in [0.29, 0.717) is 0 Å². The first kappa shape index (κ1) is 39.7. The fraction of sp³-hybridized carbons (Fsp3) is 0.206. The second-order valence-corrected chi connectivity index (χ2v) is 20.2. The summed E-state index contributed by atoms with van der Waals surface area (Å²) < 4.78 is 0. The van der Waals surface area contributed by atoms with Gasteiger partial charge in [0.05, 0.1) is 11.4 Å². The first-order chi connectivity index (χ1) is 31.5. The first-order valence-corrected chi connectivity index (χ1v) is 23.7. The summed E-state index contributed by atoms with van der Waals surface area (Å²) in [4.78, 5) is 4.96. The third-order valence-corrected chi connectivity index (χ3v) is 15.8. The molecule has 0 bridgehead atoms. The van der Waals surface area contributed by atoms with Crippen LogP contribution in [0.4, 0.5) is 34.1 Å². The second kappa shape index (κ2) is 14.6. The molecule has 4 aliphatic rings. The third kappa shape index (κ3) is 5.92. The molecule has 8 aromatic carbocycles. The van der Waals surface area contributed by atoms with Gasteiger partial charge in [-0.2, -0.15) is 0 Å². The Labute approximate surface area is 385 Å². The van der Waals surface area contributed by atoms with E-state index in [0.717, 1.165) is 0 Å². The molecule has 1 saturated carbocycles. The van der Waals surface area contributed by atoms with Crippen LogP contribution < -0.4 is 9.80 Å². The van der Waals surface area contributed by atoms with E-state index in [9.17, 15) is 0 Å². The van der Waals surface area contributed by atoms with E-state index in [2.05, 4.69) is 233 Å². The van der Waals surface area contributed by atoms with Gasteiger partial charge in [-0.05, 0) is 153 Å². The summed E-state index contributed by atoms with van der Waals surface area (Å²) >= 11 is 0. The maximum atomic E-state index is 2.55. The molecule has 12 rings (SSSR count). The summed E-state index contributed by atoms with van der Waals surface area (Å²) in [6, 6.07) is 64.3. The van der Waals surface area contributed by atoms with Crippen molar-refractivity contribution in [3.63, 3.8) is 0 Å². The van der Waals surface area contributed by atoms with Crippen molar-refractivity contribution >= 4 is 46.3 Å². The number of hydrogen-bond donors (Lipinski definition) is 0. The van der Waals surface area contributed by atoms with E-state index >= 15 is 0 Å². The molecule has 0 saturated heterocycles. The molecule has 0 amide bonds. The molecule has 3 aliphatic carbocycles. The smallest absolute Gasteiger partial charge is 0.0502 e. The van der Waals surface area contributed by atoms with Crippen LogP contribution in [0.3, 0.4) is 0 Å². The number of benzene rings is 8. The van der Waals surface area contributed by atoms with Crippen molar-refractivity contribution in [2.45, 2.75) is 83.5 Å². The van der Waals surface area contributed by atoms with Gasteiger partial charge in [0.15, 0.2) is 0 Å². The SMILES string of the molecule is Cc1ccccc1N(c1ccc2c(c1)C(C)(C)c1cc(C=Cc3ccc4c(c3)C3(CCCC3)c3cc(N5c6ccccc6C(C)(C)c6ccccc65)ccc3-4)ccc1-2)c1ccccc1C. The average Bonchev–Trinajstić information content (AvgIpc) is 3.99. The van der Waals surface area contributed by atoms with Gasteiger partial charge >= 0.3 is 0 Å². The summed E-state index contributed by atoms with van der Waals surface area (Å²) in [5.74, 6) is 0. The van der Waals surface area contributed by atoms with Crippen LogP contribution in [0.5, 0.6) is 0 Å². The number of rotatable bonds is 6. The van der Waals surface area contributed by atoms with Crippen molar-refractivity contribution in [3.8, 4) is 22.3 Å². The molecule has 318 valence electrons. The number of aryl methyl sites for hydroxylation is 2. The minimum absolute atomic E-state index is 0.0365. The molecule has 2 heteroatoms. The lowest BCUT2D eigenvalue weighted by molar-refractivity contribution is 0.550. The zero-order valence-corrected chi connectivity index (χ0v) is 38.5. The van der Waals surface area contributed by atoms with Crippen molar-refractivity contribution in [2.75, 3.05) is 9.80 Å². The van der Waals surface area contributed by atoms with Crippen molar-refractivity contribution in [3.05, 3.63) is 225 Å². The Bertz CT molecular complexity index is 3170. The van der Waals surface area contributed by atoms with E-state index in [4.69, 9.17) is 0 Å². The summed E-state index contributed by atoms with van der Waals surface area (Å²) in [6.45, 7) is 14.0. The second-order valence-electron chi connectivity index (χ2n) is 20.2. The Morgan fingerprint density at radius 1 is 0.431 bits per heavy atom. The van der Waals surface area contributed by atoms with Gasteiger partial charge in [0, 0.05) is 39.0 Å². The molecule has 0 unspecified atom stereocenters. The largest absolute Gasteiger partial charge is 0.310 e. The van der Waals surface area contributed by atoms with E-state index in [1.54, 1.807) is 0 Å². The van der Waals surface area contributed by atoms with Crippen molar-refractivity contribution in [1.29, 1.82) is 0 Å². The Balaban J connectivity index is 0.870. The predicted molar refractivity (Wildman–Crippen MR) is 275 cm³/mol. The standard InChI is InChI=1S/C63H56N2/c1-41-17-7-11-21-57(41)64(58-22-12-8-18-42(58)2)45-29-33-48-47-31-27-43(37-53(47)62(5,6)54(48)39-45)25-26-44-28-32-49-50-34-30-46(40-56(50)63(55(49)38-44)35-15-16-36-63)65-59-23-13-9-19-51(59)61(3,4)52-20-10-14-24-60(52)65/h7-14,17-34,37-40H,15-16,35-36H2,1-6H3. The van der Waals surface area contributed by atoms with Crippen LogP contribution in [0, 0.1) is 13.8 Å². The summed E-state index contributed by atoms with van der Waals surface area (Å²) in [6.07, 6.45) is 9.59. The lowest BCUT2D eigenvalue weighted by Crippen LogP contribution is -2.30. The topological polar surface area (TPSA) is 6.48 Å². The van der Waals surface area contributed by atoms with Crippen LogP contribution in [0.15, 0.2) is 170 Å². The fourth-order valence-electron chi connectivity index (χ4n) is 12.4. The van der Waals surface area contributed by atoms with Crippen LogP contribution in [0.25, 0.3) is 34.4 Å². The van der Waals surface area contributed by atoms with Gasteiger partial charge in [-0.15, -0.1) is 0 Å². The van der Waals surface area contributed by atoms with Crippen LogP contribution in [-0.2, 0) is 16.2 Å². The van der Waals surface area contributed by atoms with Gasteiger partial charge in [0.2, 0.25) is 0 Å².